The monoisotopic (exact) mass is 238 g/mol. The number of hydrogen-bond acceptors (Lipinski definition) is 4. The van der Waals surface area contributed by atoms with Crippen LogP contribution in [-0.4, -0.2) is 19.9 Å². The van der Waals surface area contributed by atoms with Crippen molar-refractivity contribution in [1.82, 2.24) is 19.9 Å². The fraction of sp³-hybridized carbons (Fsp3) is 0.250. The van der Waals surface area contributed by atoms with Crippen LogP contribution in [0.2, 0.25) is 0 Å². The van der Waals surface area contributed by atoms with Crippen LogP contribution in [0.25, 0.3) is 11.3 Å². The first kappa shape index (κ1) is 8.50. The minimum atomic E-state index is 0.581. The van der Waals surface area contributed by atoms with Gasteiger partial charge in [-0.2, -0.15) is 0 Å². The highest BCUT2D eigenvalue weighted by Crippen LogP contribution is 2.10. The van der Waals surface area contributed by atoms with E-state index in [4.69, 9.17) is 0 Å². The zero-order valence-electron chi connectivity index (χ0n) is 7.24. The van der Waals surface area contributed by atoms with Crippen molar-refractivity contribution in [3.8, 4) is 0 Å². The van der Waals surface area contributed by atoms with Crippen molar-refractivity contribution in [2.45, 2.75) is 13.8 Å². The summed E-state index contributed by atoms with van der Waals surface area (Å²) in [6.45, 7) is 3.82. The van der Waals surface area contributed by atoms with E-state index < -0.39 is 0 Å². The Hall–Kier alpha value is -1.10. The molecule has 0 bridgehead atoms. The van der Waals surface area contributed by atoms with Crippen LogP contribution in [0.1, 0.15) is 11.4 Å². The molecule has 13 heavy (non-hydrogen) atoms. The molecule has 0 saturated heterocycles. The van der Waals surface area contributed by atoms with Crippen LogP contribution in [-0.2, 0) is 0 Å². The fourth-order valence-corrected chi connectivity index (χ4v) is 1.26. The third kappa shape index (κ3) is 1.51. The van der Waals surface area contributed by atoms with Crippen LogP contribution in [0.5, 0.6) is 0 Å². The first-order chi connectivity index (χ1) is 6.16. The molecule has 0 aliphatic heterocycles. The molecule has 0 spiro atoms. The third-order valence-electron chi connectivity index (χ3n) is 1.78. The van der Waals surface area contributed by atoms with Crippen LogP contribution in [0.3, 0.4) is 0 Å². The van der Waals surface area contributed by atoms with Gasteiger partial charge in [-0.25, -0.2) is 19.9 Å². The second kappa shape index (κ2) is 2.99. The van der Waals surface area contributed by atoms with Gasteiger partial charge >= 0.3 is 0 Å². The number of nitrogens with zero attached hydrogens (tertiary/aromatic N) is 4. The average Bonchev–Trinajstić information content (AvgIpc) is 2.08. The van der Waals surface area contributed by atoms with Crippen molar-refractivity contribution in [1.29, 1.82) is 0 Å². The zero-order chi connectivity index (χ0) is 9.42. The van der Waals surface area contributed by atoms with Gasteiger partial charge in [0.25, 0.3) is 0 Å². The molecule has 0 fully saturated rings. The predicted octanol–water partition coefficient (Wildman–Crippen LogP) is 1.80. The van der Waals surface area contributed by atoms with E-state index in [-0.39, 0.29) is 0 Å². The van der Waals surface area contributed by atoms with E-state index in [1.165, 1.54) is 0 Å². The lowest BCUT2D eigenvalue weighted by Crippen LogP contribution is -1.97. The zero-order valence-corrected chi connectivity index (χ0v) is 8.83. The fourth-order valence-electron chi connectivity index (χ4n) is 0.986. The maximum Gasteiger partial charge on any atom is 0.199 e. The van der Waals surface area contributed by atoms with E-state index in [9.17, 15) is 0 Å². The maximum absolute atomic E-state index is 4.27. The summed E-state index contributed by atoms with van der Waals surface area (Å²) in [5.41, 5.74) is 2.95. The Morgan fingerprint density at radius 3 is 2.31 bits per heavy atom. The highest BCUT2D eigenvalue weighted by atomic mass is 79.9. The number of fused-ring (bicyclic) bond motifs is 1. The maximum atomic E-state index is 4.27. The molecule has 0 radical (unpaired) electrons. The molecule has 2 aromatic rings. The Balaban J connectivity index is 2.81. The van der Waals surface area contributed by atoms with Gasteiger partial charge < -0.3 is 0 Å². The normalized spacial score (nSPS) is 10.7. The summed E-state index contributed by atoms with van der Waals surface area (Å²) in [5, 5.41) is 0. The molecule has 2 aromatic heterocycles. The van der Waals surface area contributed by atoms with Crippen LogP contribution in [0.15, 0.2) is 10.8 Å². The van der Waals surface area contributed by atoms with Gasteiger partial charge in [-0.1, -0.05) is 0 Å². The minimum absolute atomic E-state index is 0.581. The van der Waals surface area contributed by atoms with E-state index in [2.05, 4.69) is 35.9 Å². The van der Waals surface area contributed by atoms with Gasteiger partial charge in [-0.05, 0) is 29.8 Å². The molecule has 66 valence electrons. The quantitative estimate of drug-likeness (QED) is 0.703. The summed E-state index contributed by atoms with van der Waals surface area (Å²) in [6, 6.07) is 0. The molecule has 0 aromatic carbocycles. The van der Waals surface area contributed by atoms with Crippen LogP contribution >= 0.6 is 15.9 Å². The Bertz CT molecular complexity index is 469. The standard InChI is InChI=1S/C8H7BrN4/c1-4-5(2)12-8-7(11-4)10-3-6(9)13-8/h3H,1-2H3. The first-order valence-corrected chi connectivity index (χ1v) is 4.59. The number of aromatic nitrogens is 4. The highest BCUT2D eigenvalue weighted by Gasteiger charge is 2.03. The summed E-state index contributed by atoms with van der Waals surface area (Å²) in [4.78, 5) is 16.8. The van der Waals surface area contributed by atoms with Crippen molar-refractivity contribution < 1.29 is 0 Å². The first-order valence-electron chi connectivity index (χ1n) is 3.80. The highest BCUT2D eigenvalue weighted by molar-refractivity contribution is 9.10. The molecule has 2 rings (SSSR count). The van der Waals surface area contributed by atoms with E-state index in [1.54, 1.807) is 6.20 Å². The van der Waals surface area contributed by atoms with Crippen molar-refractivity contribution in [3.63, 3.8) is 0 Å². The van der Waals surface area contributed by atoms with Crippen LogP contribution in [0.4, 0.5) is 0 Å². The van der Waals surface area contributed by atoms with Crippen molar-refractivity contribution in [2.75, 3.05) is 0 Å². The lowest BCUT2D eigenvalue weighted by molar-refractivity contribution is 1.04. The molecule has 5 heteroatoms. The third-order valence-corrected chi connectivity index (χ3v) is 2.16. The summed E-state index contributed by atoms with van der Waals surface area (Å²) in [6.07, 6.45) is 1.62. The molecular weight excluding hydrogens is 232 g/mol. The summed E-state index contributed by atoms with van der Waals surface area (Å²) >= 11 is 3.23. The van der Waals surface area contributed by atoms with E-state index >= 15 is 0 Å². The van der Waals surface area contributed by atoms with Crippen molar-refractivity contribution >= 4 is 27.2 Å². The molecule has 0 saturated carbocycles. The number of rotatable bonds is 0. The summed E-state index contributed by atoms with van der Waals surface area (Å²) in [5.74, 6) is 0. The lowest BCUT2D eigenvalue weighted by Gasteiger charge is -1.99. The van der Waals surface area contributed by atoms with Gasteiger partial charge in [0, 0.05) is 0 Å². The van der Waals surface area contributed by atoms with Gasteiger partial charge in [0.05, 0.1) is 17.6 Å². The van der Waals surface area contributed by atoms with Gasteiger partial charge in [0.2, 0.25) is 0 Å². The molecule has 4 nitrogen and oxygen atoms in total. The number of aryl methyl sites for hydroxylation is 2. The molecule has 0 atom stereocenters. The number of halogens is 1. The summed E-state index contributed by atoms with van der Waals surface area (Å²) in [7, 11) is 0. The predicted molar refractivity (Wildman–Crippen MR) is 52.3 cm³/mol. The molecule has 0 amide bonds. The molecule has 0 N–H and O–H groups in total. The largest absolute Gasteiger partial charge is 0.231 e. The summed E-state index contributed by atoms with van der Waals surface area (Å²) < 4.78 is 0.678. The van der Waals surface area contributed by atoms with Gasteiger partial charge in [-0.3, -0.25) is 0 Å². The molecular formula is C8H7BrN4. The van der Waals surface area contributed by atoms with Gasteiger partial charge in [0.15, 0.2) is 11.3 Å². The average molecular weight is 239 g/mol. The van der Waals surface area contributed by atoms with Crippen LogP contribution in [0, 0.1) is 13.8 Å². The minimum Gasteiger partial charge on any atom is -0.231 e. The Morgan fingerprint density at radius 1 is 1.00 bits per heavy atom. The Morgan fingerprint density at radius 2 is 1.62 bits per heavy atom. The number of hydrogen-bond donors (Lipinski definition) is 0. The molecule has 0 unspecified atom stereocenters. The van der Waals surface area contributed by atoms with Crippen molar-refractivity contribution in [3.05, 3.63) is 22.2 Å². The smallest absolute Gasteiger partial charge is 0.199 e. The van der Waals surface area contributed by atoms with E-state index in [0.29, 0.717) is 15.9 Å². The molecule has 0 aliphatic carbocycles. The SMILES string of the molecule is Cc1nc2ncc(Br)nc2nc1C. The van der Waals surface area contributed by atoms with Crippen LogP contribution < -0.4 is 0 Å². The topological polar surface area (TPSA) is 51.6 Å². The van der Waals surface area contributed by atoms with Gasteiger partial charge in [-0.15, -0.1) is 0 Å². The molecule has 2 heterocycles. The lowest BCUT2D eigenvalue weighted by atomic mass is 10.3. The molecule has 0 aliphatic rings. The van der Waals surface area contributed by atoms with E-state index in [1.807, 2.05) is 13.8 Å². The second-order valence-corrected chi connectivity index (χ2v) is 3.55. The second-order valence-electron chi connectivity index (χ2n) is 2.73. The van der Waals surface area contributed by atoms with Gasteiger partial charge in [0.1, 0.15) is 4.60 Å². The Kier molecular flexibility index (Phi) is 1.95. The Labute approximate surface area is 83.6 Å². The van der Waals surface area contributed by atoms with Crippen molar-refractivity contribution in [2.24, 2.45) is 0 Å². The van der Waals surface area contributed by atoms with E-state index in [0.717, 1.165) is 11.4 Å².